The van der Waals surface area contributed by atoms with Crippen LogP contribution in [-0.2, 0) is 0 Å². The number of hydrogen-bond acceptors (Lipinski definition) is 4. The summed E-state index contributed by atoms with van der Waals surface area (Å²) in [5.41, 5.74) is 8.66. The molecule has 0 aliphatic carbocycles. The number of nitrogens with two attached hydrogens (primary N) is 1. The first kappa shape index (κ1) is 13.2. The normalized spacial score (nSPS) is 12.4. The quantitative estimate of drug-likeness (QED) is 0.765. The van der Waals surface area contributed by atoms with Crippen LogP contribution in [0.3, 0.4) is 0 Å². The number of amidine groups is 1. The molecule has 3 rings (SSSR count). The number of thiophene rings is 1. The van der Waals surface area contributed by atoms with Gasteiger partial charge in [-0.05, 0) is 31.2 Å². The van der Waals surface area contributed by atoms with E-state index < -0.39 is 0 Å². The van der Waals surface area contributed by atoms with Crippen molar-refractivity contribution in [2.45, 2.75) is 6.92 Å². The minimum absolute atomic E-state index is 0. The zero-order valence-corrected chi connectivity index (χ0v) is 11.9. The predicted octanol–water partition coefficient (Wildman–Crippen LogP) is 4.23. The van der Waals surface area contributed by atoms with Gasteiger partial charge in [-0.1, -0.05) is 11.6 Å². The first-order valence-electron chi connectivity index (χ1n) is 5.15. The third-order valence-electron chi connectivity index (χ3n) is 2.58. The maximum absolute atomic E-state index is 6.00. The minimum Gasteiger partial charge on any atom is -0.383 e. The highest BCUT2D eigenvalue weighted by Crippen LogP contribution is 2.38. The van der Waals surface area contributed by atoms with Crippen molar-refractivity contribution in [3.8, 4) is 0 Å². The predicted molar refractivity (Wildman–Crippen MR) is 81.4 cm³/mol. The van der Waals surface area contributed by atoms with E-state index in [1.165, 1.54) is 4.88 Å². The van der Waals surface area contributed by atoms with E-state index in [1.54, 1.807) is 11.3 Å². The molecule has 0 atom stereocenters. The molecule has 0 saturated heterocycles. The van der Waals surface area contributed by atoms with Crippen molar-refractivity contribution in [1.82, 2.24) is 0 Å². The van der Waals surface area contributed by atoms with Gasteiger partial charge >= 0.3 is 0 Å². The summed E-state index contributed by atoms with van der Waals surface area (Å²) in [6.07, 6.45) is 0. The minimum atomic E-state index is 0. The second kappa shape index (κ2) is 4.80. The fraction of sp³-hybridized carbons (Fsp3) is 0.0833. The highest BCUT2D eigenvalue weighted by atomic mass is 35.5. The van der Waals surface area contributed by atoms with Crippen molar-refractivity contribution in [1.29, 1.82) is 0 Å². The van der Waals surface area contributed by atoms with Crippen molar-refractivity contribution in [2.24, 2.45) is 10.7 Å². The molecule has 0 saturated carbocycles. The Bertz CT molecular complexity index is 634. The number of halogens is 2. The summed E-state index contributed by atoms with van der Waals surface area (Å²) in [5, 5.41) is 5.04. The van der Waals surface area contributed by atoms with Gasteiger partial charge in [0.1, 0.15) is 10.8 Å². The molecule has 1 aromatic carbocycles. The highest BCUT2D eigenvalue weighted by Gasteiger charge is 2.16. The van der Waals surface area contributed by atoms with Crippen molar-refractivity contribution in [2.75, 3.05) is 5.32 Å². The molecule has 0 radical (unpaired) electrons. The molecule has 0 bridgehead atoms. The van der Waals surface area contributed by atoms with Crippen molar-refractivity contribution in [3.05, 3.63) is 39.7 Å². The maximum atomic E-state index is 6.00. The Labute approximate surface area is 120 Å². The maximum Gasteiger partial charge on any atom is 0.134 e. The van der Waals surface area contributed by atoms with Gasteiger partial charge in [0.25, 0.3) is 0 Å². The summed E-state index contributed by atoms with van der Waals surface area (Å²) < 4.78 is 0. The van der Waals surface area contributed by atoms with Crippen LogP contribution in [0.2, 0.25) is 5.02 Å². The third kappa shape index (κ3) is 2.19. The highest BCUT2D eigenvalue weighted by molar-refractivity contribution is 7.16. The van der Waals surface area contributed by atoms with Crippen molar-refractivity contribution in [3.63, 3.8) is 0 Å². The molecule has 6 heteroatoms. The monoisotopic (exact) mass is 299 g/mol. The summed E-state index contributed by atoms with van der Waals surface area (Å²) >= 11 is 7.64. The number of anilines is 2. The Hall–Kier alpha value is -1.23. The molecule has 3 N–H and O–H groups in total. The van der Waals surface area contributed by atoms with E-state index in [4.69, 9.17) is 17.3 Å². The van der Waals surface area contributed by atoms with E-state index in [0.29, 0.717) is 10.9 Å². The molecule has 0 amide bonds. The Morgan fingerprint density at radius 1 is 1.33 bits per heavy atom. The second-order valence-electron chi connectivity index (χ2n) is 3.88. The average molecular weight is 300 g/mol. The van der Waals surface area contributed by atoms with Gasteiger partial charge in [0.15, 0.2) is 0 Å². The molecule has 3 nitrogen and oxygen atoms in total. The number of benzene rings is 1. The Kier molecular flexibility index (Phi) is 3.52. The van der Waals surface area contributed by atoms with E-state index in [0.717, 1.165) is 21.9 Å². The van der Waals surface area contributed by atoms with E-state index in [-0.39, 0.29) is 12.4 Å². The summed E-state index contributed by atoms with van der Waals surface area (Å²) in [4.78, 5) is 5.62. The second-order valence-corrected chi connectivity index (χ2v) is 5.58. The standard InChI is InChI=1S/C12H10ClN3S.ClH/c1-6-4-8-11(14)15-9-3-2-7(13)5-10(9)16-12(8)17-6;/h2-5,16H,1H3,(H2,14,15);1H. The van der Waals surface area contributed by atoms with Crippen molar-refractivity contribution < 1.29 is 0 Å². The zero-order chi connectivity index (χ0) is 12.0. The first-order valence-corrected chi connectivity index (χ1v) is 6.34. The summed E-state index contributed by atoms with van der Waals surface area (Å²) in [7, 11) is 0. The van der Waals surface area contributed by atoms with Crippen LogP contribution < -0.4 is 11.1 Å². The number of aliphatic imine (C=N–C) groups is 1. The van der Waals surface area contributed by atoms with Crippen LogP contribution in [0, 0.1) is 6.92 Å². The molecule has 94 valence electrons. The summed E-state index contributed by atoms with van der Waals surface area (Å²) in [5.74, 6) is 0.540. The molecule has 18 heavy (non-hydrogen) atoms. The average Bonchev–Trinajstić information content (AvgIpc) is 2.58. The number of rotatable bonds is 0. The Balaban J connectivity index is 0.00000120. The Morgan fingerprint density at radius 2 is 2.11 bits per heavy atom. The number of nitrogens with zero attached hydrogens (tertiary/aromatic N) is 1. The molecule has 0 spiro atoms. The number of aryl methyl sites for hydroxylation is 1. The molecular formula is C12H11Cl2N3S. The van der Waals surface area contributed by atoms with Crippen LogP contribution in [0.1, 0.15) is 10.4 Å². The lowest BCUT2D eigenvalue weighted by Crippen LogP contribution is -2.11. The molecular weight excluding hydrogens is 289 g/mol. The van der Waals surface area contributed by atoms with E-state index in [9.17, 15) is 0 Å². The lowest BCUT2D eigenvalue weighted by atomic mass is 10.2. The fourth-order valence-corrected chi connectivity index (χ4v) is 2.92. The summed E-state index contributed by atoms with van der Waals surface area (Å²) in [6.45, 7) is 2.05. The SMILES string of the molecule is Cc1cc2c(s1)Nc1cc(Cl)ccc1N=C2N.Cl. The molecule has 2 heterocycles. The van der Waals surface area contributed by atoms with E-state index >= 15 is 0 Å². The molecule has 1 aliphatic rings. The van der Waals surface area contributed by atoms with Crippen LogP contribution in [0.5, 0.6) is 0 Å². The lowest BCUT2D eigenvalue weighted by molar-refractivity contribution is 1.48. The van der Waals surface area contributed by atoms with Crippen LogP contribution >= 0.6 is 35.3 Å². The number of fused-ring (bicyclic) bond motifs is 2. The first-order chi connectivity index (χ1) is 8.13. The van der Waals surface area contributed by atoms with Gasteiger partial charge in [0.05, 0.1) is 16.9 Å². The van der Waals surface area contributed by atoms with Crippen LogP contribution in [-0.4, -0.2) is 5.84 Å². The van der Waals surface area contributed by atoms with E-state index in [1.807, 2.05) is 31.2 Å². The smallest absolute Gasteiger partial charge is 0.134 e. The fourth-order valence-electron chi connectivity index (χ4n) is 1.82. The molecule has 0 unspecified atom stereocenters. The van der Waals surface area contributed by atoms with Crippen molar-refractivity contribution >= 4 is 57.6 Å². The van der Waals surface area contributed by atoms with Crippen LogP contribution in [0.25, 0.3) is 0 Å². The summed E-state index contributed by atoms with van der Waals surface area (Å²) in [6, 6.07) is 7.57. The third-order valence-corrected chi connectivity index (χ3v) is 3.78. The number of hydrogen-bond donors (Lipinski definition) is 2. The van der Waals surface area contributed by atoms with Gasteiger partial charge in [-0.25, -0.2) is 4.99 Å². The largest absolute Gasteiger partial charge is 0.383 e. The van der Waals surface area contributed by atoms with Gasteiger partial charge in [0.2, 0.25) is 0 Å². The van der Waals surface area contributed by atoms with Crippen LogP contribution in [0.15, 0.2) is 29.3 Å². The van der Waals surface area contributed by atoms with Gasteiger partial charge in [-0.2, -0.15) is 0 Å². The van der Waals surface area contributed by atoms with Gasteiger partial charge in [0, 0.05) is 9.90 Å². The molecule has 1 aromatic heterocycles. The van der Waals surface area contributed by atoms with Crippen LogP contribution in [0.4, 0.5) is 16.4 Å². The Morgan fingerprint density at radius 3 is 2.89 bits per heavy atom. The number of nitrogens with one attached hydrogen (secondary N) is 1. The van der Waals surface area contributed by atoms with Gasteiger partial charge in [-0.3, -0.25) is 0 Å². The topological polar surface area (TPSA) is 50.4 Å². The molecule has 1 aliphatic heterocycles. The van der Waals surface area contributed by atoms with Gasteiger partial charge in [-0.15, -0.1) is 23.7 Å². The molecule has 0 fully saturated rings. The lowest BCUT2D eigenvalue weighted by Gasteiger charge is -2.05. The molecule has 2 aromatic rings. The zero-order valence-electron chi connectivity index (χ0n) is 9.53. The van der Waals surface area contributed by atoms with E-state index in [2.05, 4.69) is 10.3 Å². The van der Waals surface area contributed by atoms with Gasteiger partial charge < -0.3 is 11.1 Å².